The molecule has 1 saturated heterocycles. The molecule has 1 aliphatic heterocycles. The summed E-state index contributed by atoms with van der Waals surface area (Å²) in [6.45, 7) is 1.46. The van der Waals surface area contributed by atoms with E-state index in [-0.39, 0.29) is 5.91 Å². The highest BCUT2D eigenvalue weighted by Gasteiger charge is 2.28. The van der Waals surface area contributed by atoms with Crippen molar-refractivity contribution in [1.29, 1.82) is 0 Å². The number of amides is 1. The molecular weight excluding hydrogens is 310 g/mol. The number of thiocarbonyl (C=S) groups is 1. The first-order chi connectivity index (χ1) is 9.88. The van der Waals surface area contributed by atoms with E-state index in [4.69, 9.17) is 22.1 Å². The molecule has 7 heteroatoms. The van der Waals surface area contributed by atoms with Crippen LogP contribution < -0.4 is 4.74 Å². The molecule has 1 aromatic carbocycles. The average molecular weight is 323 g/mol. The average Bonchev–Trinajstić information content (AvgIpc) is 2.66. The highest BCUT2D eigenvalue weighted by molar-refractivity contribution is 8.26. The quantitative estimate of drug-likeness (QED) is 0.678. The fourth-order valence-electron chi connectivity index (χ4n) is 1.63. The van der Waals surface area contributed by atoms with Gasteiger partial charge in [0.15, 0.2) is 6.10 Å². The van der Waals surface area contributed by atoms with E-state index in [0.29, 0.717) is 15.0 Å². The molecule has 1 unspecified atom stereocenters. The van der Waals surface area contributed by atoms with Crippen LogP contribution in [-0.2, 0) is 9.59 Å². The van der Waals surface area contributed by atoms with Gasteiger partial charge in [0.2, 0.25) is 0 Å². The number of benzene rings is 1. The van der Waals surface area contributed by atoms with E-state index in [1.165, 1.54) is 23.6 Å². The number of thioether (sulfide) groups is 1. The number of nitrogens with zero attached hydrogens (tertiary/aromatic N) is 1. The zero-order chi connectivity index (χ0) is 15.6. The van der Waals surface area contributed by atoms with Crippen LogP contribution in [0.4, 0.5) is 0 Å². The first kappa shape index (κ1) is 15.5. The first-order valence-electron chi connectivity index (χ1n) is 6.09. The molecule has 0 aliphatic carbocycles. The maximum atomic E-state index is 11.9. The van der Waals surface area contributed by atoms with Gasteiger partial charge in [0.1, 0.15) is 10.1 Å². The molecule has 1 fully saturated rings. The van der Waals surface area contributed by atoms with Gasteiger partial charge in [-0.25, -0.2) is 4.79 Å². The molecule has 1 aliphatic rings. The van der Waals surface area contributed by atoms with Gasteiger partial charge in [-0.3, -0.25) is 9.69 Å². The zero-order valence-electron chi connectivity index (χ0n) is 11.4. The van der Waals surface area contributed by atoms with E-state index in [2.05, 4.69) is 0 Å². The molecule has 0 aromatic heterocycles. The number of carbonyl (C=O) groups is 2. The van der Waals surface area contributed by atoms with Gasteiger partial charge in [0.25, 0.3) is 5.91 Å². The number of carboxylic acids is 1. The standard InChI is InChI=1S/C14H13NO4S2/c1-8(13(17)18)19-10-5-3-4-9(6-10)7-11-12(16)15(2)14(20)21-11/h3-8H,1-2H3,(H,17,18)/b11-7+. The Morgan fingerprint density at radius 2 is 2.24 bits per heavy atom. The number of carboxylic acid groups (broad SMARTS) is 1. The van der Waals surface area contributed by atoms with Crippen molar-refractivity contribution in [3.8, 4) is 5.75 Å². The van der Waals surface area contributed by atoms with Crippen LogP contribution in [0, 0.1) is 0 Å². The maximum absolute atomic E-state index is 11.9. The molecule has 1 heterocycles. The summed E-state index contributed by atoms with van der Waals surface area (Å²) >= 11 is 6.30. The normalized spacial score (nSPS) is 18.2. The summed E-state index contributed by atoms with van der Waals surface area (Å²) in [5.41, 5.74) is 0.749. The van der Waals surface area contributed by atoms with Crippen LogP contribution in [0.3, 0.4) is 0 Å². The largest absolute Gasteiger partial charge is 0.479 e. The Balaban J connectivity index is 2.20. The van der Waals surface area contributed by atoms with Crippen LogP contribution in [0.1, 0.15) is 12.5 Å². The summed E-state index contributed by atoms with van der Waals surface area (Å²) in [7, 11) is 1.63. The van der Waals surface area contributed by atoms with Crippen LogP contribution >= 0.6 is 24.0 Å². The van der Waals surface area contributed by atoms with Gasteiger partial charge >= 0.3 is 5.97 Å². The molecule has 0 saturated carbocycles. The lowest BCUT2D eigenvalue weighted by molar-refractivity contribution is -0.144. The summed E-state index contributed by atoms with van der Waals surface area (Å²) < 4.78 is 5.81. The second kappa shape index (κ2) is 6.28. The predicted molar refractivity (Wildman–Crippen MR) is 85.1 cm³/mol. The third-order valence-electron chi connectivity index (χ3n) is 2.80. The Bertz CT molecular complexity index is 642. The van der Waals surface area contributed by atoms with Gasteiger partial charge in [-0.2, -0.15) is 0 Å². The highest BCUT2D eigenvalue weighted by Crippen LogP contribution is 2.31. The minimum Gasteiger partial charge on any atom is -0.479 e. The third-order valence-corrected chi connectivity index (χ3v) is 4.29. The molecule has 1 amide bonds. The maximum Gasteiger partial charge on any atom is 0.344 e. The summed E-state index contributed by atoms with van der Waals surface area (Å²) in [4.78, 5) is 24.6. The van der Waals surface area contributed by atoms with E-state index in [0.717, 1.165) is 5.56 Å². The van der Waals surface area contributed by atoms with E-state index in [1.807, 2.05) is 0 Å². The highest BCUT2D eigenvalue weighted by atomic mass is 32.2. The summed E-state index contributed by atoms with van der Waals surface area (Å²) in [5.74, 6) is -0.742. The number of hydrogen-bond acceptors (Lipinski definition) is 5. The molecule has 21 heavy (non-hydrogen) atoms. The van der Waals surface area contributed by atoms with Crippen LogP contribution in [0.25, 0.3) is 6.08 Å². The van der Waals surface area contributed by atoms with Crippen molar-refractivity contribution < 1.29 is 19.4 Å². The van der Waals surface area contributed by atoms with E-state index in [9.17, 15) is 9.59 Å². The second-order valence-electron chi connectivity index (χ2n) is 4.41. The summed E-state index contributed by atoms with van der Waals surface area (Å²) in [5, 5.41) is 8.83. The van der Waals surface area contributed by atoms with E-state index < -0.39 is 12.1 Å². The van der Waals surface area contributed by atoms with Crippen molar-refractivity contribution in [1.82, 2.24) is 4.90 Å². The lowest BCUT2D eigenvalue weighted by Gasteiger charge is -2.10. The van der Waals surface area contributed by atoms with Crippen LogP contribution in [0.15, 0.2) is 29.2 Å². The second-order valence-corrected chi connectivity index (χ2v) is 6.09. The fourth-order valence-corrected chi connectivity index (χ4v) is 2.81. The van der Waals surface area contributed by atoms with Crippen LogP contribution in [-0.4, -0.2) is 39.4 Å². The predicted octanol–water partition coefficient (Wildman–Crippen LogP) is 2.37. The first-order valence-corrected chi connectivity index (χ1v) is 7.32. The molecule has 110 valence electrons. The molecule has 1 N–H and O–H groups in total. The Kier molecular flexibility index (Phi) is 4.64. The molecule has 2 rings (SSSR count). The molecule has 0 bridgehead atoms. The van der Waals surface area contributed by atoms with Gasteiger partial charge in [-0.05, 0) is 30.7 Å². The minimum atomic E-state index is -1.03. The van der Waals surface area contributed by atoms with Crippen molar-refractivity contribution in [2.45, 2.75) is 13.0 Å². The molecule has 5 nitrogen and oxygen atoms in total. The van der Waals surface area contributed by atoms with E-state index in [1.54, 1.807) is 37.4 Å². The Hall–Kier alpha value is -1.86. The van der Waals surface area contributed by atoms with Gasteiger partial charge in [0, 0.05) is 7.05 Å². The Morgan fingerprint density at radius 3 is 2.81 bits per heavy atom. The monoisotopic (exact) mass is 323 g/mol. The van der Waals surface area contributed by atoms with Crippen molar-refractivity contribution in [2.24, 2.45) is 0 Å². The van der Waals surface area contributed by atoms with Gasteiger partial charge < -0.3 is 9.84 Å². The number of rotatable bonds is 4. The van der Waals surface area contributed by atoms with Crippen molar-refractivity contribution in [3.05, 3.63) is 34.7 Å². The van der Waals surface area contributed by atoms with Gasteiger partial charge in [0.05, 0.1) is 4.91 Å². The Morgan fingerprint density at radius 1 is 1.52 bits per heavy atom. The number of carbonyl (C=O) groups excluding carboxylic acids is 1. The SMILES string of the molecule is CC(Oc1cccc(/C=C2/SC(=S)N(C)C2=O)c1)C(=O)O. The fraction of sp³-hybridized carbons (Fsp3) is 0.214. The summed E-state index contributed by atoms with van der Waals surface area (Å²) in [6.07, 6.45) is 0.773. The van der Waals surface area contributed by atoms with Gasteiger partial charge in [-0.15, -0.1) is 0 Å². The molecular formula is C14H13NO4S2. The molecule has 0 radical (unpaired) electrons. The smallest absolute Gasteiger partial charge is 0.344 e. The van der Waals surface area contributed by atoms with Crippen molar-refractivity contribution in [2.75, 3.05) is 7.05 Å². The Labute approximate surface area is 131 Å². The van der Waals surface area contributed by atoms with Crippen molar-refractivity contribution >= 4 is 46.3 Å². The lowest BCUT2D eigenvalue weighted by Crippen LogP contribution is -2.22. The lowest BCUT2D eigenvalue weighted by atomic mass is 10.2. The topological polar surface area (TPSA) is 66.8 Å². The van der Waals surface area contributed by atoms with Crippen molar-refractivity contribution in [3.63, 3.8) is 0 Å². The number of ether oxygens (including phenoxy) is 1. The number of aliphatic carboxylic acids is 1. The molecule has 1 aromatic rings. The van der Waals surface area contributed by atoms with Crippen LogP contribution in [0.2, 0.25) is 0 Å². The van der Waals surface area contributed by atoms with E-state index >= 15 is 0 Å². The number of hydrogen-bond donors (Lipinski definition) is 1. The van der Waals surface area contributed by atoms with Gasteiger partial charge in [-0.1, -0.05) is 36.1 Å². The zero-order valence-corrected chi connectivity index (χ0v) is 13.0. The summed E-state index contributed by atoms with van der Waals surface area (Å²) in [6, 6.07) is 6.90. The molecule has 1 atom stereocenters. The number of likely N-dealkylation sites (N-methyl/N-ethyl adjacent to an activating group) is 1. The van der Waals surface area contributed by atoms with Crippen LogP contribution in [0.5, 0.6) is 5.75 Å². The third kappa shape index (κ3) is 3.62. The minimum absolute atomic E-state index is 0.143. The molecule has 0 spiro atoms.